The van der Waals surface area contributed by atoms with Crippen molar-refractivity contribution >= 4 is 17.3 Å². The van der Waals surface area contributed by atoms with Gasteiger partial charge in [-0.1, -0.05) is 57.7 Å². The van der Waals surface area contributed by atoms with Gasteiger partial charge in [-0.05, 0) is 78.7 Å². The molecule has 1 aliphatic rings. The Labute approximate surface area is 261 Å². The van der Waals surface area contributed by atoms with Crippen molar-refractivity contribution in [1.29, 1.82) is 0 Å². The first-order valence-electron chi connectivity index (χ1n) is 15.0. The Morgan fingerprint density at radius 3 is 2.39 bits per heavy atom. The van der Waals surface area contributed by atoms with Crippen molar-refractivity contribution in [2.45, 2.75) is 39.9 Å². The number of rotatable bonds is 11. The summed E-state index contributed by atoms with van der Waals surface area (Å²) in [6.07, 6.45) is 4.38. The summed E-state index contributed by atoms with van der Waals surface area (Å²) in [6, 6.07) is 27.0. The number of aromatic nitrogens is 1. The van der Waals surface area contributed by atoms with Crippen LogP contribution in [0.2, 0.25) is 0 Å². The maximum absolute atomic E-state index is 12.8. The Bertz CT molecular complexity index is 1440. The van der Waals surface area contributed by atoms with Gasteiger partial charge in [0.25, 0.3) is 5.91 Å². The molecule has 1 amide bonds. The van der Waals surface area contributed by atoms with Crippen molar-refractivity contribution in [2.75, 3.05) is 30.0 Å². The number of fused-ring (bicyclic) bond motifs is 1. The van der Waals surface area contributed by atoms with Crippen LogP contribution in [0, 0.1) is 0 Å². The number of hydrogen-bond acceptors (Lipinski definition) is 8. The Morgan fingerprint density at radius 1 is 1.00 bits per heavy atom. The van der Waals surface area contributed by atoms with E-state index in [1.807, 2.05) is 98.8 Å². The zero-order chi connectivity index (χ0) is 31.7. The summed E-state index contributed by atoms with van der Waals surface area (Å²) in [5, 5.41) is 9.49. The van der Waals surface area contributed by atoms with Crippen LogP contribution in [0.15, 0.2) is 110 Å². The summed E-state index contributed by atoms with van der Waals surface area (Å²) in [7, 11) is 0. The molecule has 1 atom stereocenters. The van der Waals surface area contributed by atoms with Crippen LogP contribution in [0.25, 0.3) is 0 Å². The first-order valence-corrected chi connectivity index (χ1v) is 15.0. The van der Waals surface area contributed by atoms with Crippen molar-refractivity contribution < 1.29 is 9.53 Å². The van der Waals surface area contributed by atoms with Gasteiger partial charge < -0.3 is 37.1 Å². The maximum atomic E-state index is 12.8. The Kier molecular flexibility index (Phi) is 13.7. The normalized spacial score (nSPS) is 12.8. The highest BCUT2D eigenvalue weighted by Crippen LogP contribution is 2.42. The molecule has 0 aliphatic carbocycles. The van der Waals surface area contributed by atoms with E-state index in [0.717, 1.165) is 47.0 Å². The molecule has 3 aromatic carbocycles. The van der Waals surface area contributed by atoms with Gasteiger partial charge in [0.05, 0.1) is 17.9 Å². The molecule has 9 nitrogen and oxygen atoms in total. The fraction of sp³-hybridized carbons (Fsp3) is 0.257. The second kappa shape index (κ2) is 17.9. The second-order valence-corrected chi connectivity index (χ2v) is 9.79. The van der Waals surface area contributed by atoms with E-state index >= 15 is 0 Å². The van der Waals surface area contributed by atoms with Gasteiger partial charge in [-0.3, -0.25) is 9.78 Å². The molecule has 1 aromatic heterocycles. The molecule has 7 N–H and O–H groups in total. The third kappa shape index (κ3) is 9.86. The van der Waals surface area contributed by atoms with Gasteiger partial charge in [0.1, 0.15) is 17.7 Å². The largest absolute Gasteiger partial charge is 0.457 e. The highest BCUT2D eigenvalue weighted by molar-refractivity contribution is 5.97. The van der Waals surface area contributed by atoms with E-state index < -0.39 is 0 Å². The fourth-order valence-corrected chi connectivity index (χ4v) is 4.50. The molecule has 4 aromatic rings. The van der Waals surface area contributed by atoms with Crippen LogP contribution in [-0.4, -0.2) is 30.6 Å². The summed E-state index contributed by atoms with van der Waals surface area (Å²) in [4.78, 5) is 19.0. The van der Waals surface area contributed by atoms with Gasteiger partial charge >= 0.3 is 0 Å². The van der Waals surface area contributed by atoms with Crippen molar-refractivity contribution in [3.05, 3.63) is 126 Å². The molecular formula is C35H45N7O2. The van der Waals surface area contributed by atoms with Crippen LogP contribution >= 0.6 is 0 Å². The minimum absolute atomic E-state index is 0.145. The van der Waals surface area contributed by atoms with Gasteiger partial charge in [0.15, 0.2) is 0 Å². The van der Waals surface area contributed by atoms with Gasteiger partial charge in [-0.2, -0.15) is 0 Å². The van der Waals surface area contributed by atoms with Gasteiger partial charge in [-0.15, -0.1) is 0 Å². The highest BCUT2D eigenvalue weighted by Gasteiger charge is 2.31. The molecule has 1 aliphatic heterocycles. The number of amides is 1. The van der Waals surface area contributed by atoms with E-state index in [-0.39, 0.29) is 12.1 Å². The lowest BCUT2D eigenvalue weighted by Crippen LogP contribution is -2.31. The molecule has 0 spiro atoms. The molecule has 2 heterocycles. The smallest absolute Gasteiger partial charge is 0.251 e. The molecular weight excluding hydrogens is 550 g/mol. The van der Waals surface area contributed by atoms with Crippen LogP contribution in [-0.2, 0) is 6.54 Å². The predicted molar refractivity (Wildman–Crippen MR) is 181 cm³/mol. The minimum Gasteiger partial charge on any atom is -0.457 e. The molecule has 0 radical (unpaired) electrons. The Hall–Kier alpha value is -4.86. The van der Waals surface area contributed by atoms with Crippen molar-refractivity contribution in [3.8, 4) is 11.5 Å². The molecule has 9 heteroatoms. The number of carbonyl (C=O) groups is 1. The van der Waals surface area contributed by atoms with E-state index in [4.69, 9.17) is 16.2 Å². The first kappa shape index (κ1) is 33.6. The predicted octanol–water partition coefficient (Wildman–Crippen LogP) is 6.14. The van der Waals surface area contributed by atoms with Gasteiger partial charge in [0.2, 0.25) is 0 Å². The number of anilines is 2. The minimum atomic E-state index is -0.199. The number of nitrogens with one attached hydrogen (secondary N) is 3. The molecule has 0 saturated carbocycles. The SMILES string of the molecule is C=C(N)CN1c2ccc(C(=O)NCc3ccncc3)cc2NC1c1cccc(Oc2ccccc2)c1.CC.CCCNCN. The molecule has 0 fully saturated rings. The molecule has 0 bridgehead atoms. The number of ether oxygens (including phenoxy) is 1. The molecule has 1 unspecified atom stereocenters. The Morgan fingerprint density at radius 2 is 1.73 bits per heavy atom. The zero-order valence-corrected chi connectivity index (χ0v) is 25.9. The van der Waals surface area contributed by atoms with Gasteiger partial charge in [-0.25, -0.2) is 0 Å². The van der Waals surface area contributed by atoms with E-state index in [2.05, 4.69) is 39.3 Å². The first-order chi connectivity index (χ1) is 21.5. The van der Waals surface area contributed by atoms with Crippen molar-refractivity contribution in [3.63, 3.8) is 0 Å². The third-order valence-electron chi connectivity index (χ3n) is 6.47. The fourth-order valence-electron chi connectivity index (χ4n) is 4.50. The maximum Gasteiger partial charge on any atom is 0.251 e. The van der Waals surface area contributed by atoms with Crippen LogP contribution in [0.1, 0.15) is 54.8 Å². The summed E-state index contributed by atoms with van der Waals surface area (Å²) in [5.74, 6) is 1.36. The molecule has 5 rings (SSSR count). The number of para-hydroxylation sites is 1. The molecule has 0 saturated heterocycles. The van der Waals surface area contributed by atoms with Gasteiger partial charge in [0, 0.05) is 36.9 Å². The number of hydrogen-bond donors (Lipinski definition) is 5. The molecule has 44 heavy (non-hydrogen) atoms. The van der Waals surface area contributed by atoms with Crippen LogP contribution < -0.4 is 37.1 Å². The van der Waals surface area contributed by atoms with Crippen molar-refractivity contribution in [1.82, 2.24) is 15.6 Å². The standard InChI is InChI=1S/C29H27N5O2.C4H12N2.C2H6/c1-20(30)19-34-27-11-10-23(29(35)32-18-21-12-14-31-15-13-21)17-26(27)33-28(34)22-6-5-9-25(16-22)36-24-7-3-2-4-8-24;1-2-3-6-4-5;1-2/h2-17,28,33H,1,18-19,30H2,(H,32,35);6H,2-5H2,1H3;1-2H3. The number of nitrogens with zero attached hydrogens (tertiary/aromatic N) is 2. The Balaban J connectivity index is 0.000000593. The quantitative estimate of drug-likeness (QED) is 0.103. The van der Waals surface area contributed by atoms with E-state index in [1.165, 1.54) is 0 Å². The van der Waals surface area contributed by atoms with Crippen molar-refractivity contribution in [2.24, 2.45) is 11.5 Å². The number of benzene rings is 3. The van der Waals surface area contributed by atoms with E-state index in [1.54, 1.807) is 12.4 Å². The number of pyridine rings is 1. The van der Waals surface area contributed by atoms with E-state index in [9.17, 15) is 4.79 Å². The van der Waals surface area contributed by atoms with Crippen LogP contribution in [0.5, 0.6) is 11.5 Å². The lowest BCUT2D eigenvalue weighted by Gasteiger charge is -2.27. The summed E-state index contributed by atoms with van der Waals surface area (Å²) in [5.41, 5.74) is 16.0. The number of carbonyl (C=O) groups excluding carboxylic acids is 1. The summed E-state index contributed by atoms with van der Waals surface area (Å²) in [6.45, 7) is 12.6. The number of nitrogens with two attached hydrogens (primary N) is 2. The highest BCUT2D eigenvalue weighted by atomic mass is 16.5. The van der Waals surface area contributed by atoms with Crippen LogP contribution in [0.4, 0.5) is 11.4 Å². The van der Waals surface area contributed by atoms with Crippen LogP contribution in [0.3, 0.4) is 0 Å². The average molecular weight is 596 g/mol. The summed E-state index contributed by atoms with van der Waals surface area (Å²) >= 11 is 0. The zero-order valence-electron chi connectivity index (χ0n) is 25.9. The second-order valence-electron chi connectivity index (χ2n) is 9.79. The third-order valence-corrected chi connectivity index (χ3v) is 6.47. The van der Waals surface area contributed by atoms with E-state index in [0.29, 0.717) is 31.0 Å². The monoisotopic (exact) mass is 595 g/mol. The topological polar surface area (TPSA) is 131 Å². The molecule has 232 valence electrons. The lowest BCUT2D eigenvalue weighted by atomic mass is 10.1. The lowest BCUT2D eigenvalue weighted by molar-refractivity contribution is 0.0951. The summed E-state index contributed by atoms with van der Waals surface area (Å²) < 4.78 is 6.04. The average Bonchev–Trinajstić information content (AvgIpc) is 3.42.